The highest BCUT2D eigenvalue weighted by Crippen LogP contribution is 2.33. The van der Waals surface area contributed by atoms with Crippen LogP contribution in [0.25, 0.3) is 11.5 Å². The quantitative estimate of drug-likeness (QED) is 0.620. The molecule has 0 radical (unpaired) electrons. The van der Waals surface area contributed by atoms with Gasteiger partial charge in [0.1, 0.15) is 17.3 Å². The number of aryl methyl sites for hydroxylation is 1. The van der Waals surface area contributed by atoms with Crippen molar-refractivity contribution in [3.05, 3.63) is 59.5 Å². The summed E-state index contributed by atoms with van der Waals surface area (Å²) in [6, 6.07) is 7.73. The molecule has 6 nitrogen and oxygen atoms in total. The molecule has 3 aromatic heterocycles. The second-order valence-electron chi connectivity index (χ2n) is 6.07. The Kier molecular flexibility index (Phi) is 5.72. The Hall–Kier alpha value is -3.23. The summed E-state index contributed by atoms with van der Waals surface area (Å²) in [7, 11) is 0. The first-order valence-corrected chi connectivity index (χ1v) is 8.63. The van der Waals surface area contributed by atoms with Crippen molar-refractivity contribution in [2.75, 3.05) is 23.7 Å². The molecule has 9 heteroatoms. The maximum absolute atomic E-state index is 13.0. The number of nitrogens with zero attached hydrogens (tertiary/aromatic N) is 4. The topological polar surface area (TPSA) is 75.6 Å². The Balaban J connectivity index is 1.68. The van der Waals surface area contributed by atoms with Crippen LogP contribution in [0.5, 0.6) is 0 Å². The van der Waals surface area contributed by atoms with Gasteiger partial charge in [0.25, 0.3) is 0 Å². The molecule has 0 bridgehead atoms. The number of nitrogens with one attached hydrogen (secondary N) is 2. The predicted molar refractivity (Wildman–Crippen MR) is 101 cm³/mol. The lowest BCUT2D eigenvalue weighted by atomic mass is 10.2. The van der Waals surface area contributed by atoms with E-state index < -0.39 is 11.7 Å². The fourth-order valence-electron chi connectivity index (χ4n) is 2.55. The zero-order valence-corrected chi connectivity index (χ0v) is 15.4. The number of hydrogen-bond acceptors (Lipinski definition) is 6. The SMILES string of the molecule is Cc1nc(-c2ccccn2)nc(NCCNc2ncccc2C(F)(F)F)c1C. The van der Waals surface area contributed by atoms with Crippen molar-refractivity contribution in [1.29, 1.82) is 0 Å². The van der Waals surface area contributed by atoms with Crippen molar-refractivity contribution in [2.24, 2.45) is 0 Å². The molecule has 0 aliphatic carbocycles. The first kappa shape index (κ1) is 19.5. The summed E-state index contributed by atoms with van der Waals surface area (Å²) in [5, 5.41) is 5.86. The van der Waals surface area contributed by atoms with E-state index in [1.165, 1.54) is 12.3 Å². The number of halogens is 3. The van der Waals surface area contributed by atoms with Crippen LogP contribution in [0.2, 0.25) is 0 Å². The van der Waals surface area contributed by atoms with Gasteiger partial charge in [0.05, 0.1) is 5.56 Å². The summed E-state index contributed by atoms with van der Waals surface area (Å²) < 4.78 is 39.0. The van der Waals surface area contributed by atoms with Gasteiger partial charge < -0.3 is 10.6 Å². The van der Waals surface area contributed by atoms with Crippen molar-refractivity contribution in [2.45, 2.75) is 20.0 Å². The zero-order valence-electron chi connectivity index (χ0n) is 15.4. The molecule has 0 aromatic carbocycles. The van der Waals surface area contributed by atoms with E-state index in [1.807, 2.05) is 32.0 Å². The Labute approximate surface area is 160 Å². The molecule has 3 aromatic rings. The van der Waals surface area contributed by atoms with Crippen molar-refractivity contribution in [1.82, 2.24) is 19.9 Å². The molecule has 2 N–H and O–H groups in total. The van der Waals surface area contributed by atoms with Gasteiger partial charge in [0.15, 0.2) is 5.82 Å². The van der Waals surface area contributed by atoms with E-state index in [-0.39, 0.29) is 12.4 Å². The average molecular weight is 388 g/mol. The molecule has 0 aliphatic heterocycles. The number of hydrogen-bond donors (Lipinski definition) is 2. The number of alkyl halides is 3. The molecule has 0 fully saturated rings. The highest BCUT2D eigenvalue weighted by Gasteiger charge is 2.33. The molecular weight excluding hydrogens is 369 g/mol. The Morgan fingerprint density at radius 1 is 0.857 bits per heavy atom. The van der Waals surface area contributed by atoms with Gasteiger partial charge in [-0.2, -0.15) is 13.2 Å². The third-order valence-electron chi connectivity index (χ3n) is 4.11. The van der Waals surface area contributed by atoms with Crippen LogP contribution in [0.15, 0.2) is 42.7 Å². The minimum atomic E-state index is -4.46. The second kappa shape index (κ2) is 8.20. The molecule has 0 saturated heterocycles. The molecule has 146 valence electrons. The summed E-state index contributed by atoms with van der Waals surface area (Å²) in [4.78, 5) is 17.0. The van der Waals surface area contributed by atoms with Gasteiger partial charge in [0.2, 0.25) is 0 Å². The molecule has 0 aliphatic rings. The fraction of sp³-hybridized carbons (Fsp3) is 0.263. The van der Waals surface area contributed by atoms with E-state index in [0.29, 0.717) is 23.9 Å². The van der Waals surface area contributed by atoms with Crippen molar-refractivity contribution in [3.63, 3.8) is 0 Å². The van der Waals surface area contributed by atoms with Crippen LogP contribution in [-0.2, 0) is 6.18 Å². The molecule has 28 heavy (non-hydrogen) atoms. The second-order valence-corrected chi connectivity index (χ2v) is 6.07. The molecule has 0 unspecified atom stereocenters. The molecule has 0 amide bonds. The normalized spacial score (nSPS) is 11.3. The van der Waals surface area contributed by atoms with Gasteiger partial charge in [-0.05, 0) is 38.1 Å². The lowest BCUT2D eigenvalue weighted by Crippen LogP contribution is -2.19. The van der Waals surface area contributed by atoms with Gasteiger partial charge in [-0.3, -0.25) is 4.98 Å². The summed E-state index contributed by atoms with van der Waals surface area (Å²) in [6.07, 6.45) is -1.47. The Bertz CT molecular complexity index is 944. The highest BCUT2D eigenvalue weighted by molar-refractivity contribution is 5.56. The molecule has 0 atom stereocenters. The largest absolute Gasteiger partial charge is 0.419 e. The van der Waals surface area contributed by atoms with Gasteiger partial charge in [-0.1, -0.05) is 6.07 Å². The standard InChI is InChI=1S/C19H19F3N6/c1-12-13(2)27-18(15-7-3-4-8-23-15)28-16(12)25-10-11-26-17-14(19(20,21)22)6-5-9-24-17/h3-9H,10-11H2,1-2H3,(H,24,26)(H,25,27,28). The smallest absolute Gasteiger partial charge is 0.368 e. The molecule has 0 saturated carbocycles. The van der Waals surface area contributed by atoms with Gasteiger partial charge in [-0.15, -0.1) is 0 Å². The van der Waals surface area contributed by atoms with Crippen LogP contribution in [-0.4, -0.2) is 33.0 Å². The maximum atomic E-state index is 13.0. The van der Waals surface area contributed by atoms with Crippen molar-refractivity contribution in [3.8, 4) is 11.5 Å². The van der Waals surface area contributed by atoms with Crippen LogP contribution >= 0.6 is 0 Å². The van der Waals surface area contributed by atoms with E-state index in [9.17, 15) is 13.2 Å². The molecule has 3 heterocycles. The van der Waals surface area contributed by atoms with E-state index >= 15 is 0 Å². The summed E-state index contributed by atoms with van der Waals surface area (Å²) in [5.41, 5.74) is 1.53. The number of rotatable bonds is 6. The van der Waals surface area contributed by atoms with Gasteiger partial charge in [-0.25, -0.2) is 15.0 Å². The lowest BCUT2D eigenvalue weighted by molar-refractivity contribution is -0.137. The minimum absolute atomic E-state index is 0.193. The van der Waals surface area contributed by atoms with Crippen LogP contribution in [0, 0.1) is 13.8 Å². The van der Waals surface area contributed by atoms with Crippen molar-refractivity contribution < 1.29 is 13.2 Å². The highest BCUT2D eigenvalue weighted by atomic mass is 19.4. The van der Waals surface area contributed by atoms with Crippen LogP contribution in [0.3, 0.4) is 0 Å². The first-order valence-electron chi connectivity index (χ1n) is 8.63. The fourth-order valence-corrected chi connectivity index (χ4v) is 2.55. The third kappa shape index (κ3) is 4.54. The maximum Gasteiger partial charge on any atom is 0.419 e. The molecular formula is C19H19F3N6. The monoisotopic (exact) mass is 388 g/mol. The van der Waals surface area contributed by atoms with E-state index in [2.05, 4.69) is 30.6 Å². The number of aromatic nitrogens is 4. The van der Waals surface area contributed by atoms with E-state index in [1.54, 1.807) is 6.20 Å². The third-order valence-corrected chi connectivity index (χ3v) is 4.11. The Morgan fingerprint density at radius 2 is 1.57 bits per heavy atom. The zero-order chi connectivity index (χ0) is 20.1. The predicted octanol–water partition coefficient (Wildman–Crippen LogP) is 4.09. The molecule has 0 spiro atoms. The number of pyridine rings is 2. The van der Waals surface area contributed by atoms with Crippen LogP contribution < -0.4 is 10.6 Å². The van der Waals surface area contributed by atoms with Gasteiger partial charge in [0, 0.05) is 36.7 Å². The first-order chi connectivity index (χ1) is 13.4. The van der Waals surface area contributed by atoms with Crippen LogP contribution in [0.1, 0.15) is 16.8 Å². The summed E-state index contributed by atoms with van der Waals surface area (Å²) >= 11 is 0. The summed E-state index contributed by atoms with van der Waals surface area (Å²) in [6.45, 7) is 4.35. The minimum Gasteiger partial charge on any atom is -0.368 e. The average Bonchev–Trinajstić information content (AvgIpc) is 2.68. The summed E-state index contributed by atoms with van der Waals surface area (Å²) in [5.74, 6) is 0.914. The lowest BCUT2D eigenvalue weighted by Gasteiger charge is -2.15. The van der Waals surface area contributed by atoms with E-state index in [4.69, 9.17) is 0 Å². The van der Waals surface area contributed by atoms with E-state index in [0.717, 1.165) is 17.3 Å². The number of anilines is 2. The van der Waals surface area contributed by atoms with Gasteiger partial charge >= 0.3 is 6.18 Å². The molecule has 3 rings (SSSR count). The van der Waals surface area contributed by atoms with Crippen LogP contribution in [0.4, 0.5) is 24.8 Å². The van der Waals surface area contributed by atoms with Crippen molar-refractivity contribution >= 4 is 11.6 Å². The Morgan fingerprint density at radius 3 is 2.25 bits per heavy atom.